The first-order valence-corrected chi connectivity index (χ1v) is 9.78. The highest BCUT2D eigenvalue weighted by Crippen LogP contribution is 2.26. The van der Waals surface area contributed by atoms with Crippen molar-refractivity contribution in [2.75, 3.05) is 4.90 Å². The van der Waals surface area contributed by atoms with Crippen LogP contribution in [0, 0.1) is 0 Å². The molecule has 0 bridgehead atoms. The van der Waals surface area contributed by atoms with Crippen LogP contribution >= 0.6 is 23.6 Å². The molecule has 0 aromatic carbocycles. The maximum atomic E-state index is 11.1. The van der Waals surface area contributed by atoms with E-state index in [2.05, 4.69) is 28.8 Å². The van der Waals surface area contributed by atoms with Crippen molar-refractivity contribution in [3.05, 3.63) is 34.7 Å². The van der Waals surface area contributed by atoms with E-state index in [0.29, 0.717) is 28.2 Å². The van der Waals surface area contributed by atoms with Crippen molar-refractivity contribution in [1.82, 2.24) is 15.0 Å². The highest BCUT2D eigenvalue weighted by molar-refractivity contribution is 7.80. The zero-order valence-corrected chi connectivity index (χ0v) is 16.5. The van der Waals surface area contributed by atoms with E-state index in [1.807, 2.05) is 17.0 Å². The molecule has 9 heteroatoms. The maximum absolute atomic E-state index is 11.1. The number of fused-ring (bicyclic) bond motifs is 1. The van der Waals surface area contributed by atoms with Gasteiger partial charge >= 0.3 is 5.97 Å². The smallest absolute Gasteiger partial charge is 0.345 e. The highest BCUT2D eigenvalue weighted by atomic mass is 32.1. The Bertz CT molecular complexity index is 1000. The van der Waals surface area contributed by atoms with E-state index in [4.69, 9.17) is 23.1 Å². The van der Waals surface area contributed by atoms with E-state index in [-0.39, 0.29) is 16.0 Å². The molecule has 140 valence electrons. The lowest BCUT2D eigenvalue weighted by Gasteiger charge is -2.29. The molecule has 3 heterocycles. The summed E-state index contributed by atoms with van der Waals surface area (Å²) in [5.74, 6) is -0.329. The number of anilines is 1. The van der Waals surface area contributed by atoms with Crippen LogP contribution in [0.3, 0.4) is 0 Å². The summed E-state index contributed by atoms with van der Waals surface area (Å²) >= 11 is 6.38. The third-order valence-corrected chi connectivity index (χ3v) is 5.40. The van der Waals surface area contributed by atoms with Crippen LogP contribution in [0.4, 0.5) is 5.82 Å². The Morgan fingerprint density at radius 1 is 1.33 bits per heavy atom. The number of aromatic carboxylic acids is 1. The highest BCUT2D eigenvalue weighted by Gasteiger charge is 2.20. The Labute approximate surface area is 165 Å². The molecule has 3 N–H and O–H groups in total. The van der Waals surface area contributed by atoms with Gasteiger partial charge in [-0.2, -0.15) is 0 Å². The molecule has 27 heavy (non-hydrogen) atoms. The van der Waals surface area contributed by atoms with E-state index in [1.165, 1.54) is 0 Å². The number of nitrogens with zero attached hydrogens (tertiary/aromatic N) is 4. The molecule has 3 aromatic heterocycles. The number of hydrogen-bond donors (Lipinski definition) is 2. The molecular weight excluding hydrogens is 382 g/mol. The normalized spacial score (nSPS) is 11.1. The fourth-order valence-corrected chi connectivity index (χ4v) is 3.86. The number of thiophene rings is 1. The van der Waals surface area contributed by atoms with Gasteiger partial charge in [0.15, 0.2) is 10.8 Å². The average Bonchev–Trinajstić information content (AvgIpc) is 3.15. The number of pyridine rings is 1. The van der Waals surface area contributed by atoms with Gasteiger partial charge in [-0.1, -0.05) is 13.8 Å². The van der Waals surface area contributed by atoms with Crippen LogP contribution < -0.4 is 10.6 Å². The second-order valence-corrected chi connectivity index (χ2v) is 7.28. The van der Waals surface area contributed by atoms with Crippen molar-refractivity contribution in [2.45, 2.75) is 32.7 Å². The molecule has 0 atom stereocenters. The Hall–Kier alpha value is -2.65. The van der Waals surface area contributed by atoms with E-state index >= 15 is 0 Å². The summed E-state index contributed by atoms with van der Waals surface area (Å²) in [5.41, 5.74) is 8.31. The summed E-state index contributed by atoms with van der Waals surface area (Å²) in [4.78, 5) is 26.8. The molecule has 0 aliphatic rings. The van der Waals surface area contributed by atoms with Gasteiger partial charge in [0.25, 0.3) is 0 Å². The van der Waals surface area contributed by atoms with Crippen LogP contribution in [0.5, 0.6) is 0 Å². The Morgan fingerprint density at radius 3 is 2.67 bits per heavy atom. The van der Waals surface area contributed by atoms with E-state index in [9.17, 15) is 4.79 Å². The van der Waals surface area contributed by atoms with Crippen LogP contribution in [0.1, 0.15) is 36.4 Å². The summed E-state index contributed by atoms with van der Waals surface area (Å²) in [6.45, 7) is 4.16. The molecule has 0 unspecified atom stereocenters. The van der Waals surface area contributed by atoms with E-state index < -0.39 is 5.97 Å². The second kappa shape index (κ2) is 7.93. The molecule has 3 aromatic rings. The van der Waals surface area contributed by atoms with Crippen LogP contribution in [0.15, 0.2) is 29.8 Å². The van der Waals surface area contributed by atoms with E-state index in [1.54, 1.807) is 17.6 Å². The molecule has 3 rings (SSSR count). The number of carboxylic acid groups (broad SMARTS) is 1. The summed E-state index contributed by atoms with van der Waals surface area (Å²) in [5, 5.41) is 11.1. The number of nitrogens with two attached hydrogens (primary N) is 1. The SMILES string of the molecule is CCC(CC)N(C(N)=S)c1ccc2ncc(-c3csc(C(=O)O)c3)nc2n1. The molecule has 0 fully saturated rings. The summed E-state index contributed by atoms with van der Waals surface area (Å²) in [7, 11) is 0. The predicted molar refractivity (Wildman–Crippen MR) is 111 cm³/mol. The van der Waals surface area contributed by atoms with E-state index in [0.717, 1.165) is 24.2 Å². The molecule has 0 amide bonds. The van der Waals surface area contributed by atoms with Crippen LogP contribution in [0.2, 0.25) is 0 Å². The van der Waals surface area contributed by atoms with Crippen molar-refractivity contribution in [1.29, 1.82) is 0 Å². The Kier molecular flexibility index (Phi) is 5.62. The zero-order valence-electron chi connectivity index (χ0n) is 14.9. The topological polar surface area (TPSA) is 105 Å². The van der Waals surface area contributed by atoms with Gasteiger partial charge < -0.3 is 15.7 Å². The first kappa shape index (κ1) is 19.1. The van der Waals surface area contributed by atoms with Gasteiger partial charge in [0.05, 0.1) is 11.9 Å². The maximum Gasteiger partial charge on any atom is 0.345 e. The molecule has 7 nitrogen and oxygen atoms in total. The fourth-order valence-electron chi connectivity index (χ4n) is 2.88. The average molecular weight is 402 g/mol. The van der Waals surface area contributed by atoms with Crippen molar-refractivity contribution >= 4 is 51.6 Å². The number of rotatable bonds is 6. The van der Waals surface area contributed by atoms with Gasteiger partial charge in [-0.25, -0.2) is 14.8 Å². The predicted octanol–water partition coefficient (Wildman–Crippen LogP) is 3.69. The zero-order chi connectivity index (χ0) is 19.6. The minimum atomic E-state index is -0.960. The molecule has 0 saturated carbocycles. The van der Waals surface area contributed by atoms with Crippen LogP contribution in [-0.4, -0.2) is 37.2 Å². The number of hydrogen-bond acceptors (Lipinski definition) is 6. The standard InChI is InChI=1S/C18H19N5O2S2/c1-3-11(4-2)23(18(19)26)15-6-5-12-16(22-15)21-13(8-20-12)10-7-14(17(24)25)27-9-10/h5-9,11H,3-4H2,1-2H3,(H2,19,26)(H,24,25). The fraction of sp³-hybridized carbons (Fsp3) is 0.278. The summed E-state index contributed by atoms with van der Waals surface area (Å²) in [6.07, 6.45) is 3.38. The summed E-state index contributed by atoms with van der Waals surface area (Å²) < 4.78 is 0. The second-order valence-electron chi connectivity index (χ2n) is 5.95. The minimum Gasteiger partial charge on any atom is -0.477 e. The lowest BCUT2D eigenvalue weighted by atomic mass is 10.1. The molecular formula is C18H19N5O2S2. The van der Waals surface area contributed by atoms with Gasteiger partial charge in [-0.3, -0.25) is 4.98 Å². The largest absolute Gasteiger partial charge is 0.477 e. The van der Waals surface area contributed by atoms with Gasteiger partial charge in [-0.05, 0) is 43.3 Å². The molecule has 0 radical (unpaired) electrons. The quantitative estimate of drug-likeness (QED) is 0.603. The van der Waals surface area contributed by atoms with Crippen molar-refractivity contribution in [3.8, 4) is 11.3 Å². The lowest BCUT2D eigenvalue weighted by Crippen LogP contribution is -2.43. The van der Waals surface area contributed by atoms with Gasteiger partial charge in [-0.15, -0.1) is 11.3 Å². The molecule has 0 aliphatic carbocycles. The number of aromatic nitrogens is 3. The van der Waals surface area contributed by atoms with Gasteiger partial charge in [0, 0.05) is 17.0 Å². The van der Waals surface area contributed by atoms with Crippen molar-refractivity contribution in [3.63, 3.8) is 0 Å². The summed E-state index contributed by atoms with van der Waals surface area (Å²) in [6, 6.07) is 5.40. The van der Waals surface area contributed by atoms with Gasteiger partial charge in [0.2, 0.25) is 0 Å². The third-order valence-electron chi connectivity index (χ3n) is 4.29. The first-order valence-electron chi connectivity index (χ1n) is 8.49. The van der Waals surface area contributed by atoms with Gasteiger partial charge in [0.1, 0.15) is 16.2 Å². The molecule has 0 spiro atoms. The molecule has 0 saturated heterocycles. The number of carboxylic acids is 1. The number of thiocarbonyl (C=S) groups is 1. The first-order chi connectivity index (χ1) is 12.9. The van der Waals surface area contributed by atoms with Crippen LogP contribution in [0.25, 0.3) is 22.4 Å². The van der Waals surface area contributed by atoms with Crippen LogP contribution in [-0.2, 0) is 0 Å². The lowest BCUT2D eigenvalue weighted by molar-refractivity contribution is 0.0702. The third kappa shape index (κ3) is 3.88. The molecule has 0 aliphatic heterocycles. The number of carbonyl (C=O) groups is 1. The van der Waals surface area contributed by atoms with Crippen molar-refractivity contribution < 1.29 is 9.90 Å². The Balaban J connectivity index is 2.05. The Morgan fingerprint density at radius 2 is 2.07 bits per heavy atom. The minimum absolute atomic E-state index is 0.151. The van der Waals surface area contributed by atoms with Crippen molar-refractivity contribution in [2.24, 2.45) is 5.73 Å². The monoisotopic (exact) mass is 401 g/mol.